The van der Waals surface area contributed by atoms with Crippen molar-refractivity contribution in [1.82, 2.24) is 16.2 Å². The number of hydrogen-bond acceptors (Lipinski definition) is 4. The van der Waals surface area contributed by atoms with Gasteiger partial charge in [-0.1, -0.05) is 29.8 Å². The van der Waals surface area contributed by atoms with Gasteiger partial charge in [-0.05, 0) is 49.0 Å². The van der Waals surface area contributed by atoms with Crippen LogP contribution in [-0.4, -0.2) is 24.0 Å². The summed E-state index contributed by atoms with van der Waals surface area (Å²) in [6, 6.07) is 14.3. The molecule has 2 aromatic carbocycles. The van der Waals surface area contributed by atoms with Gasteiger partial charge in [0, 0.05) is 5.56 Å². The van der Waals surface area contributed by atoms with Crippen molar-refractivity contribution in [3.63, 3.8) is 0 Å². The molecule has 0 aliphatic heterocycles. The topological polar surface area (TPSA) is 79.5 Å². The summed E-state index contributed by atoms with van der Waals surface area (Å²) in [5, 5.41) is 2.54. The van der Waals surface area contributed by atoms with E-state index in [9.17, 15) is 9.59 Å². The predicted molar refractivity (Wildman–Crippen MR) is 99.2 cm³/mol. The lowest BCUT2D eigenvalue weighted by molar-refractivity contribution is -0.119. The highest BCUT2D eigenvalue weighted by molar-refractivity contribution is 7.80. The van der Waals surface area contributed by atoms with Gasteiger partial charge in [0.25, 0.3) is 5.91 Å². The highest BCUT2D eigenvalue weighted by Gasteiger charge is 2.08. The summed E-state index contributed by atoms with van der Waals surface area (Å²) in [4.78, 5) is 23.9. The van der Waals surface area contributed by atoms with Crippen LogP contribution in [0.3, 0.4) is 0 Å². The largest absolute Gasteiger partial charge is 0.497 e. The second-order valence-electron chi connectivity index (χ2n) is 5.35. The smallest absolute Gasteiger partial charge is 0.269 e. The van der Waals surface area contributed by atoms with Gasteiger partial charge in [0.1, 0.15) is 5.75 Å². The quantitative estimate of drug-likeness (QED) is 0.575. The standard InChI is InChI=1S/C18H19N3O3S/c1-12-4-3-5-14(10-12)17(23)20-21-18(25)19-16(22)11-13-6-8-15(24-2)9-7-13/h3-10H,11H2,1-2H3,(H,20,23)(H2,19,21,22,25). The molecule has 2 rings (SSSR count). The Morgan fingerprint density at radius 3 is 2.44 bits per heavy atom. The van der Waals surface area contributed by atoms with E-state index in [1.807, 2.05) is 13.0 Å². The summed E-state index contributed by atoms with van der Waals surface area (Å²) in [5.74, 6) is 0.100. The molecular formula is C18H19N3O3S. The number of aryl methyl sites for hydroxylation is 1. The Morgan fingerprint density at radius 1 is 1.08 bits per heavy atom. The zero-order chi connectivity index (χ0) is 18.2. The van der Waals surface area contributed by atoms with Crippen LogP contribution in [0.4, 0.5) is 0 Å². The summed E-state index contributed by atoms with van der Waals surface area (Å²) >= 11 is 5.00. The summed E-state index contributed by atoms with van der Waals surface area (Å²) in [6.45, 7) is 1.90. The van der Waals surface area contributed by atoms with Gasteiger partial charge in [-0.2, -0.15) is 0 Å². The third kappa shape index (κ3) is 5.89. The Labute approximate surface area is 151 Å². The first-order valence-corrected chi connectivity index (χ1v) is 7.98. The molecule has 25 heavy (non-hydrogen) atoms. The van der Waals surface area contributed by atoms with Gasteiger partial charge in [-0.3, -0.25) is 20.4 Å². The van der Waals surface area contributed by atoms with E-state index in [1.165, 1.54) is 0 Å². The minimum Gasteiger partial charge on any atom is -0.497 e. The summed E-state index contributed by atoms with van der Waals surface area (Å²) in [7, 11) is 1.58. The number of methoxy groups -OCH3 is 1. The minimum absolute atomic E-state index is 0.0273. The predicted octanol–water partition coefficient (Wildman–Crippen LogP) is 1.88. The maximum Gasteiger partial charge on any atom is 0.269 e. The van der Waals surface area contributed by atoms with Crippen LogP contribution >= 0.6 is 12.2 Å². The molecule has 0 atom stereocenters. The highest BCUT2D eigenvalue weighted by atomic mass is 32.1. The normalized spacial score (nSPS) is 9.84. The second kappa shape index (κ2) is 8.79. The molecule has 0 unspecified atom stereocenters. The van der Waals surface area contributed by atoms with Crippen molar-refractivity contribution < 1.29 is 14.3 Å². The molecule has 130 valence electrons. The number of carbonyl (C=O) groups is 2. The molecule has 0 fully saturated rings. The Morgan fingerprint density at radius 2 is 1.80 bits per heavy atom. The first-order valence-electron chi connectivity index (χ1n) is 7.57. The number of amides is 2. The van der Waals surface area contributed by atoms with Crippen molar-refractivity contribution >= 4 is 29.1 Å². The number of hydrazine groups is 1. The fourth-order valence-corrected chi connectivity index (χ4v) is 2.27. The third-order valence-electron chi connectivity index (χ3n) is 3.35. The number of benzene rings is 2. The molecule has 2 aromatic rings. The Bertz CT molecular complexity index is 775. The van der Waals surface area contributed by atoms with Gasteiger partial charge in [0.05, 0.1) is 13.5 Å². The first-order chi connectivity index (χ1) is 12.0. The molecule has 0 heterocycles. The van der Waals surface area contributed by atoms with Crippen molar-refractivity contribution in [2.75, 3.05) is 7.11 Å². The SMILES string of the molecule is COc1ccc(CC(=O)NC(=S)NNC(=O)c2cccc(C)c2)cc1. The van der Waals surface area contributed by atoms with Gasteiger partial charge < -0.3 is 10.1 Å². The Balaban J connectivity index is 1.79. The molecular weight excluding hydrogens is 338 g/mol. The average Bonchev–Trinajstić information content (AvgIpc) is 2.60. The van der Waals surface area contributed by atoms with Gasteiger partial charge in [0.15, 0.2) is 5.11 Å². The molecule has 0 aliphatic carbocycles. The van der Waals surface area contributed by atoms with Crippen LogP contribution in [0.15, 0.2) is 48.5 Å². The number of nitrogens with one attached hydrogen (secondary N) is 3. The number of carbonyl (C=O) groups excluding carboxylic acids is 2. The zero-order valence-corrected chi connectivity index (χ0v) is 14.8. The molecule has 0 spiro atoms. The molecule has 0 aromatic heterocycles. The molecule has 0 saturated carbocycles. The van der Waals surface area contributed by atoms with E-state index in [4.69, 9.17) is 17.0 Å². The summed E-state index contributed by atoms with van der Waals surface area (Å²) in [5.41, 5.74) is 7.26. The Kier molecular flexibility index (Phi) is 6.47. The third-order valence-corrected chi connectivity index (χ3v) is 3.55. The van der Waals surface area contributed by atoms with E-state index in [0.717, 1.165) is 16.9 Å². The monoisotopic (exact) mass is 357 g/mol. The van der Waals surface area contributed by atoms with Gasteiger partial charge in [-0.25, -0.2) is 0 Å². The van der Waals surface area contributed by atoms with E-state index in [-0.39, 0.29) is 23.3 Å². The van der Waals surface area contributed by atoms with E-state index in [2.05, 4.69) is 16.2 Å². The fraction of sp³-hybridized carbons (Fsp3) is 0.167. The average molecular weight is 357 g/mol. The minimum atomic E-state index is -0.338. The fourth-order valence-electron chi connectivity index (χ4n) is 2.10. The van der Waals surface area contributed by atoms with Crippen molar-refractivity contribution in [3.8, 4) is 5.75 Å². The molecule has 0 radical (unpaired) electrons. The van der Waals surface area contributed by atoms with Crippen molar-refractivity contribution in [2.45, 2.75) is 13.3 Å². The summed E-state index contributed by atoms with van der Waals surface area (Å²) < 4.78 is 5.07. The van der Waals surface area contributed by atoms with Crippen molar-refractivity contribution in [1.29, 1.82) is 0 Å². The summed E-state index contributed by atoms with van der Waals surface area (Å²) in [6.07, 6.45) is 0.164. The molecule has 0 saturated heterocycles. The molecule has 7 heteroatoms. The van der Waals surface area contributed by atoms with Crippen LogP contribution in [0.2, 0.25) is 0 Å². The lowest BCUT2D eigenvalue weighted by atomic mass is 10.1. The lowest BCUT2D eigenvalue weighted by Crippen LogP contribution is -2.48. The number of rotatable bonds is 4. The van der Waals surface area contributed by atoms with Crippen LogP contribution in [0.25, 0.3) is 0 Å². The van der Waals surface area contributed by atoms with E-state index in [1.54, 1.807) is 49.6 Å². The van der Waals surface area contributed by atoms with E-state index < -0.39 is 0 Å². The lowest BCUT2D eigenvalue weighted by Gasteiger charge is -2.11. The van der Waals surface area contributed by atoms with E-state index >= 15 is 0 Å². The van der Waals surface area contributed by atoms with Crippen LogP contribution in [0, 0.1) is 6.92 Å². The van der Waals surface area contributed by atoms with Crippen molar-refractivity contribution in [3.05, 3.63) is 65.2 Å². The number of hydrogen-bond donors (Lipinski definition) is 3. The molecule has 2 amide bonds. The Hall–Kier alpha value is -2.93. The molecule has 0 bridgehead atoms. The molecule has 6 nitrogen and oxygen atoms in total. The molecule has 3 N–H and O–H groups in total. The maximum atomic E-state index is 12.0. The number of thiocarbonyl (C=S) groups is 1. The maximum absolute atomic E-state index is 12.0. The van der Waals surface area contributed by atoms with Crippen LogP contribution in [-0.2, 0) is 11.2 Å². The number of ether oxygens (including phenoxy) is 1. The zero-order valence-electron chi connectivity index (χ0n) is 14.0. The molecule has 0 aliphatic rings. The van der Waals surface area contributed by atoms with Crippen LogP contribution in [0.1, 0.15) is 21.5 Å². The highest BCUT2D eigenvalue weighted by Crippen LogP contribution is 2.11. The van der Waals surface area contributed by atoms with Crippen LogP contribution < -0.4 is 20.9 Å². The van der Waals surface area contributed by atoms with Gasteiger partial charge in [0.2, 0.25) is 5.91 Å². The first kappa shape index (κ1) is 18.4. The van der Waals surface area contributed by atoms with Crippen molar-refractivity contribution in [2.24, 2.45) is 0 Å². The van der Waals surface area contributed by atoms with E-state index in [0.29, 0.717) is 5.56 Å². The van der Waals surface area contributed by atoms with Crippen LogP contribution in [0.5, 0.6) is 5.75 Å². The van der Waals surface area contributed by atoms with Gasteiger partial charge in [-0.15, -0.1) is 0 Å². The van der Waals surface area contributed by atoms with Gasteiger partial charge >= 0.3 is 0 Å². The second-order valence-corrected chi connectivity index (χ2v) is 5.76.